The highest BCUT2D eigenvalue weighted by Crippen LogP contribution is 2.29. The molecule has 1 aromatic rings. The Hall–Kier alpha value is 0.270. The first kappa shape index (κ1) is 11.3. The standard InChI is InChI=1S/C10H14S3/c1-7-8(6-11)4-9(12-2)5-10(7)13-3/h4-5,11H,6H2,1-3H3. The predicted octanol–water partition coefficient (Wildman–Crippen LogP) is 3.87. The maximum atomic E-state index is 4.33. The molecule has 0 nitrogen and oxygen atoms in total. The summed E-state index contributed by atoms with van der Waals surface area (Å²) < 4.78 is 0. The van der Waals surface area contributed by atoms with Crippen LogP contribution in [0.15, 0.2) is 21.9 Å². The van der Waals surface area contributed by atoms with Crippen molar-refractivity contribution in [1.82, 2.24) is 0 Å². The third kappa shape index (κ3) is 2.61. The van der Waals surface area contributed by atoms with Crippen LogP contribution in [0.1, 0.15) is 11.1 Å². The molecule has 1 aromatic carbocycles. The smallest absolute Gasteiger partial charge is 0.0157 e. The summed E-state index contributed by atoms with van der Waals surface area (Å²) in [5, 5.41) is 0. The van der Waals surface area contributed by atoms with Gasteiger partial charge in [-0.05, 0) is 42.7 Å². The van der Waals surface area contributed by atoms with Gasteiger partial charge in [-0.2, -0.15) is 12.6 Å². The number of thiol groups is 1. The molecule has 13 heavy (non-hydrogen) atoms. The second-order valence-corrected chi connectivity index (χ2v) is 4.82. The van der Waals surface area contributed by atoms with Gasteiger partial charge in [-0.25, -0.2) is 0 Å². The van der Waals surface area contributed by atoms with Gasteiger partial charge in [0.1, 0.15) is 0 Å². The van der Waals surface area contributed by atoms with Crippen LogP contribution in [-0.4, -0.2) is 12.5 Å². The molecular formula is C10H14S3. The van der Waals surface area contributed by atoms with E-state index in [9.17, 15) is 0 Å². The Morgan fingerprint density at radius 1 is 1.23 bits per heavy atom. The molecule has 0 aromatic heterocycles. The van der Waals surface area contributed by atoms with Crippen molar-refractivity contribution in [2.24, 2.45) is 0 Å². The van der Waals surface area contributed by atoms with Crippen LogP contribution in [0, 0.1) is 6.92 Å². The number of hydrogen-bond acceptors (Lipinski definition) is 3. The highest BCUT2D eigenvalue weighted by atomic mass is 32.2. The van der Waals surface area contributed by atoms with E-state index >= 15 is 0 Å². The molecule has 0 N–H and O–H groups in total. The van der Waals surface area contributed by atoms with Gasteiger partial charge in [-0.15, -0.1) is 23.5 Å². The molecule has 0 aliphatic heterocycles. The number of hydrogen-bond donors (Lipinski definition) is 1. The van der Waals surface area contributed by atoms with Crippen LogP contribution in [0.4, 0.5) is 0 Å². The first-order valence-corrected chi connectivity index (χ1v) is 7.13. The Morgan fingerprint density at radius 3 is 2.38 bits per heavy atom. The molecule has 0 aliphatic carbocycles. The van der Waals surface area contributed by atoms with E-state index in [-0.39, 0.29) is 0 Å². The summed E-state index contributed by atoms with van der Waals surface area (Å²) in [6, 6.07) is 4.48. The Bertz CT molecular complexity index is 269. The van der Waals surface area contributed by atoms with Crippen LogP contribution in [0.2, 0.25) is 0 Å². The van der Waals surface area contributed by atoms with Gasteiger partial charge in [-0.1, -0.05) is 0 Å². The lowest BCUT2D eigenvalue weighted by molar-refractivity contribution is 1.17. The lowest BCUT2D eigenvalue weighted by Gasteiger charge is -2.10. The summed E-state index contributed by atoms with van der Waals surface area (Å²) in [5.74, 6) is 0.827. The van der Waals surface area contributed by atoms with Crippen LogP contribution in [0.25, 0.3) is 0 Å². The quantitative estimate of drug-likeness (QED) is 0.618. The Balaban J connectivity index is 3.20. The van der Waals surface area contributed by atoms with E-state index in [1.165, 1.54) is 20.9 Å². The normalized spacial score (nSPS) is 10.5. The number of rotatable bonds is 3. The number of benzene rings is 1. The fraction of sp³-hybridized carbons (Fsp3) is 0.400. The van der Waals surface area contributed by atoms with E-state index in [1.807, 2.05) is 11.8 Å². The second-order valence-electron chi connectivity index (χ2n) is 2.77. The zero-order chi connectivity index (χ0) is 9.84. The first-order chi connectivity index (χ1) is 6.22. The fourth-order valence-corrected chi connectivity index (χ4v) is 2.79. The van der Waals surface area contributed by atoms with E-state index in [0.29, 0.717) is 0 Å². The zero-order valence-corrected chi connectivity index (χ0v) is 10.7. The van der Waals surface area contributed by atoms with Gasteiger partial charge in [0.15, 0.2) is 0 Å². The summed E-state index contributed by atoms with van der Waals surface area (Å²) in [4.78, 5) is 2.70. The molecule has 0 radical (unpaired) electrons. The Labute approximate surface area is 94.3 Å². The second kappa shape index (κ2) is 5.23. The van der Waals surface area contributed by atoms with Crippen molar-refractivity contribution < 1.29 is 0 Å². The molecule has 1 rings (SSSR count). The van der Waals surface area contributed by atoms with Gasteiger partial charge in [0, 0.05) is 15.5 Å². The minimum atomic E-state index is 0.827. The van der Waals surface area contributed by atoms with Crippen molar-refractivity contribution in [3.63, 3.8) is 0 Å². The van der Waals surface area contributed by atoms with Crippen LogP contribution < -0.4 is 0 Å². The third-order valence-corrected chi connectivity index (χ3v) is 3.98. The first-order valence-electron chi connectivity index (χ1n) is 4.05. The molecule has 0 heterocycles. The zero-order valence-electron chi connectivity index (χ0n) is 8.13. The topological polar surface area (TPSA) is 0 Å². The molecule has 0 aliphatic rings. The largest absolute Gasteiger partial charge is 0.175 e. The molecular weight excluding hydrogens is 216 g/mol. The summed E-state index contributed by atoms with van der Waals surface area (Å²) in [6.45, 7) is 2.17. The summed E-state index contributed by atoms with van der Waals surface area (Å²) in [5.41, 5.74) is 2.72. The highest BCUT2D eigenvalue weighted by Gasteiger charge is 2.04. The van der Waals surface area contributed by atoms with Gasteiger partial charge in [0.2, 0.25) is 0 Å². The lowest BCUT2D eigenvalue weighted by atomic mass is 10.1. The SMILES string of the molecule is CSc1cc(CS)c(C)c(SC)c1. The summed E-state index contributed by atoms with van der Waals surface area (Å²) >= 11 is 7.93. The average Bonchev–Trinajstić information content (AvgIpc) is 2.18. The summed E-state index contributed by atoms with van der Waals surface area (Å²) in [6.07, 6.45) is 4.23. The Morgan fingerprint density at radius 2 is 1.92 bits per heavy atom. The molecule has 3 heteroatoms. The van der Waals surface area contributed by atoms with Crippen LogP contribution >= 0.6 is 36.2 Å². The van der Waals surface area contributed by atoms with Crippen molar-refractivity contribution in [1.29, 1.82) is 0 Å². The number of thioether (sulfide) groups is 2. The highest BCUT2D eigenvalue weighted by molar-refractivity contribution is 7.99. The molecule has 0 unspecified atom stereocenters. The maximum absolute atomic E-state index is 4.33. The van der Waals surface area contributed by atoms with Crippen LogP contribution in [0.5, 0.6) is 0 Å². The maximum Gasteiger partial charge on any atom is 0.0157 e. The fourth-order valence-electron chi connectivity index (χ4n) is 1.21. The van der Waals surface area contributed by atoms with E-state index in [4.69, 9.17) is 0 Å². The Kier molecular flexibility index (Phi) is 4.56. The van der Waals surface area contributed by atoms with E-state index in [1.54, 1.807) is 11.8 Å². The van der Waals surface area contributed by atoms with Gasteiger partial charge >= 0.3 is 0 Å². The molecule has 0 saturated heterocycles. The van der Waals surface area contributed by atoms with Crippen molar-refractivity contribution in [2.45, 2.75) is 22.5 Å². The van der Waals surface area contributed by atoms with E-state index < -0.39 is 0 Å². The minimum Gasteiger partial charge on any atom is -0.175 e. The van der Waals surface area contributed by atoms with Gasteiger partial charge < -0.3 is 0 Å². The monoisotopic (exact) mass is 230 g/mol. The summed E-state index contributed by atoms with van der Waals surface area (Å²) in [7, 11) is 0. The molecule has 0 saturated carbocycles. The van der Waals surface area contributed by atoms with E-state index in [2.05, 4.69) is 44.2 Å². The lowest BCUT2D eigenvalue weighted by Crippen LogP contribution is -1.89. The van der Waals surface area contributed by atoms with E-state index in [0.717, 1.165) is 5.75 Å². The molecule has 0 bridgehead atoms. The van der Waals surface area contributed by atoms with Gasteiger partial charge in [-0.3, -0.25) is 0 Å². The van der Waals surface area contributed by atoms with Gasteiger partial charge in [0.25, 0.3) is 0 Å². The molecule has 0 fully saturated rings. The van der Waals surface area contributed by atoms with Crippen molar-refractivity contribution in [2.75, 3.05) is 12.5 Å². The van der Waals surface area contributed by atoms with Crippen molar-refractivity contribution in [3.8, 4) is 0 Å². The van der Waals surface area contributed by atoms with Crippen molar-refractivity contribution >= 4 is 36.2 Å². The predicted molar refractivity (Wildman–Crippen MR) is 67.4 cm³/mol. The molecule has 72 valence electrons. The van der Waals surface area contributed by atoms with Crippen molar-refractivity contribution in [3.05, 3.63) is 23.3 Å². The van der Waals surface area contributed by atoms with Crippen LogP contribution in [0.3, 0.4) is 0 Å². The molecule has 0 spiro atoms. The van der Waals surface area contributed by atoms with Crippen LogP contribution in [-0.2, 0) is 5.75 Å². The molecule has 0 amide bonds. The average molecular weight is 230 g/mol. The minimum absolute atomic E-state index is 0.827. The molecule has 0 atom stereocenters. The third-order valence-electron chi connectivity index (χ3n) is 2.07. The van der Waals surface area contributed by atoms with Gasteiger partial charge in [0.05, 0.1) is 0 Å².